The van der Waals surface area contributed by atoms with E-state index in [1.54, 1.807) is 0 Å². The lowest BCUT2D eigenvalue weighted by Crippen LogP contribution is -2.03. The van der Waals surface area contributed by atoms with Crippen LogP contribution in [-0.4, -0.2) is 21.8 Å². The van der Waals surface area contributed by atoms with Gasteiger partial charge in [-0.1, -0.05) is 30.3 Å². The standard InChI is InChI=1S/C11H14S4/c12-8-13-6-10-7-14-11(15-10)9-4-2-1-3-5-9/h1-5,10-12H,6-8H2. The molecule has 0 nitrogen and oxygen atoms in total. The zero-order valence-electron chi connectivity index (χ0n) is 8.33. The second kappa shape index (κ2) is 6.38. The molecule has 1 saturated heterocycles. The first-order valence-corrected chi connectivity index (χ1v) is 8.68. The molecule has 0 bridgehead atoms. The monoisotopic (exact) mass is 274 g/mol. The molecule has 1 fully saturated rings. The van der Waals surface area contributed by atoms with Crippen LogP contribution in [0.15, 0.2) is 30.3 Å². The number of thioether (sulfide) groups is 3. The van der Waals surface area contributed by atoms with Crippen LogP contribution in [0, 0.1) is 0 Å². The molecular formula is C11H14S4. The van der Waals surface area contributed by atoms with Crippen LogP contribution in [0.2, 0.25) is 0 Å². The van der Waals surface area contributed by atoms with Crippen molar-refractivity contribution in [3.8, 4) is 0 Å². The SMILES string of the molecule is SCSCC1CSC(c2ccccc2)S1. The quantitative estimate of drug-likeness (QED) is 0.647. The third-order valence-electron chi connectivity index (χ3n) is 2.22. The average molecular weight is 275 g/mol. The number of rotatable bonds is 4. The van der Waals surface area contributed by atoms with Crippen LogP contribution in [0.5, 0.6) is 0 Å². The summed E-state index contributed by atoms with van der Waals surface area (Å²) < 4.78 is 0.650. The van der Waals surface area contributed by atoms with Gasteiger partial charge in [0.1, 0.15) is 0 Å². The minimum absolute atomic E-state index is 0.650. The minimum Gasteiger partial charge on any atom is -0.168 e. The molecule has 82 valence electrons. The first kappa shape index (κ1) is 12.1. The molecule has 0 spiro atoms. The maximum atomic E-state index is 4.23. The fourth-order valence-electron chi connectivity index (χ4n) is 1.50. The Hall–Kier alpha value is 0.620. The van der Waals surface area contributed by atoms with Gasteiger partial charge in [-0.2, -0.15) is 24.4 Å². The molecule has 15 heavy (non-hydrogen) atoms. The highest BCUT2D eigenvalue weighted by atomic mass is 32.2. The van der Waals surface area contributed by atoms with Crippen LogP contribution in [0.1, 0.15) is 10.1 Å². The molecule has 1 aliphatic rings. The summed E-state index contributed by atoms with van der Waals surface area (Å²) in [5.74, 6) is 2.52. The molecule has 0 aliphatic carbocycles. The van der Waals surface area contributed by atoms with Gasteiger partial charge in [0.2, 0.25) is 0 Å². The van der Waals surface area contributed by atoms with Crippen molar-refractivity contribution in [2.45, 2.75) is 9.83 Å². The van der Waals surface area contributed by atoms with Gasteiger partial charge in [0.05, 0.1) is 4.58 Å². The predicted octanol–water partition coefficient (Wildman–Crippen LogP) is 4.15. The fourth-order valence-corrected chi connectivity index (χ4v) is 6.15. The van der Waals surface area contributed by atoms with Gasteiger partial charge in [-0.15, -0.1) is 23.5 Å². The highest BCUT2D eigenvalue weighted by molar-refractivity contribution is 8.20. The summed E-state index contributed by atoms with van der Waals surface area (Å²) in [6.07, 6.45) is 0. The van der Waals surface area contributed by atoms with Crippen LogP contribution in [0.3, 0.4) is 0 Å². The Labute approximate surface area is 110 Å². The molecule has 1 aromatic rings. The Kier molecular flexibility index (Phi) is 5.14. The van der Waals surface area contributed by atoms with Crippen molar-refractivity contribution in [3.63, 3.8) is 0 Å². The second-order valence-corrected chi connectivity index (χ2v) is 7.96. The summed E-state index contributed by atoms with van der Waals surface area (Å²) in [6, 6.07) is 10.8. The number of benzene rings is 1. The first-order chi connectivity index (χ1) is 7.40. The van der Waals surface area contributed by atoms with Gasteiger partial charge in [0.25, 0.3) is 0 Å². The smallest absolute Gasteiger partial charge is 0.0755 e. The van der Waals surface area contributed by atoms with Crippen LogP contribution in [-0.2, 0) is 0 Å². The molecule has 1 aromatic carbocycles. The van der Waals surface area contributed by atoms with Gasteiger partial charge in [-0.05, 0) is 5.56 Å². The Morgan fingerprint density at radius 1 is 1.33 bits per heavy atom. The van der Waals surface area contributed by atoms with E-state index in [1.807, 2.05) is 11.8 Å². The molecule has 0 amide bonds. The molecule has 0 saturated carbocycles. The van der Waals surface area contributed by atoms with E-state index in [1.165, 1.54) is 17.1 Å². The zero-order valence-corrected chi connectivity index (χ0v) is 11.7. The Morgan fingerprint density at radius 2 is 2.13 bits per heavy atom. The number of hydrogen-bond acceptors (Lipinski definition) is 4. The first-order valence-electron chi connectivity index (χ1n) is 4.91. The van der Waals surface area contributed by atoms with Crippen molar-refractivity contribution in [3.05, 3.63) is 35.9 Å². The lowest BCUT2D eigenvalue weighted by Gasteiger charge is -2.09. The molecule has 2 unspecified atom stereocenters. The van der Waals surface area contributed by atoms with Crippen molar-refractivity contribution in [1.82, 2.24) is 0 Å². The second-order valence-electron chi connectivity index (χ2n) is 3.33. The molecule has 2 atom stereocenters. The molecule has 1 heterocycles. The van der Waals surface area contributed by atoms with Crippen molar-refractivity contribution >= 4 is 47.9 Å². The van der Waals surface area contributed by atoms with E-state index in [4.69, 9.17) is 0 Å². The van der Waals surface area contributed by atoms with Crippen molar-refractivity contribution < 1.29 is 0 Å². The normalized spacial score (nSPS) is 25.7. The fraction of sp³-hybridized carbons (Fsp3) is 0.455. The summed E-state index contributed by atoms with van der Waals surface area (Å²) in [7, 11) is 0. The summed E-state index contributed by atoms with van der Waals surface area (Å²) in [4.78, 5) is 0. The van der Waals surface area contributed by atoms with E-state index >= 15 is 0 Å². The molecular weight excluding hydrogens is 260 g/mol. The van der Waals surface area contributed by atoms with E-state index in [2.05, 4.69) is 66.5 Å². The molecule has 2 rings (SSSR count). The topological polar surface area (TPSA) is 0 Å². The van der Waals surface area contributed by atoms with E-state index in [-0.39, 0.29) is 0 Å². The van der Waals surface area contributed by atoms with Gasteiger partial charge in [0.15, 0.2) is 0 Å². The number of hydrogen-bond donors (Lipinski definition) is 1. The van der Waals surface area contributed by atoms with Gasteiger partial charge < -0.3 is 0 Å². The highest BCUT2D eigenvalue weighted by Crippen LogP contribution is 2.49. The van der Waals surface area contributed by atoms with Crippen LogP contribution < -0.4 is 0 Å². The van der Waals surface area contributed by atoms with Gasteiger partial charge in [0, 0.05) is 21.8 Å². The molecule has 0 radical (unpaired) electrons. The lowest BCUT2D eigenvalue weighted by atomic mass is 10.2. The van der Waals surface area contributed by atoms with Crippen molar-refractivity contribution in [1.29, 1.82) is 0 Å². The van der Waals surface area contributed by atoms with Gasteiger partial charge in [-0.25, -0.2) is 0 Å². The zero-order chi connectivity index (χ0) is 10.5. The summed E-state index contributed by atoms with van der Waals surface area (Å²) in [6.45, 7) is 0. The summed E-state index contributed by atoms with van der Waals surface area (Å²) >= 11 is 10.4. The molecule has 4 heteroatoms. The van der Waals surface area contributed by atoms with E-state index in [0.29, 0.717) is 4.58 Å². The average Bonchev–Trinajstić information content (AvgIpc) is 2.76. The molecule has 0 aromatic heterocycles. The Balaban J connectivity index is 1.87. The van der Waals surface area contributed by atoms with Gasteiger partial charge >= 0.3 is 0 Å². The Bertz CT molecular complexity index is 288. The molecule has 0 N–H and O–H groups in total. The van der Waals surface area contributed by atoms with E-state index in [0.717, 1.165) is 10.3 Å². The summed E-state index contributed by atoms with van der Waals surface area (Å²) in [5.41, 5.74) is 1.46. The predicted molar refractivity (Wildman–Crippen MR) is 79.3 cm³/mol. The minimum atomic E-state index is 0.650. The van der Waals surface area contributed by atoms with Crippen LogP contribution in [0.4, 0.5) is 0 Å². The van der Waals surface area contributed by atoms with Crippen molar-refractivity contribution in [2.24, 2.45) is 0 Å². The van der Waals surface area contributed by atoms with E-state index in [9.17, 15) is 0 Å². The maximum Gasteiger partial charge on any atom is 0.0755 e. The largest absolute Gasteiger partial charge is 0.168 e. The highest BCUT2D eigenvalue weighted by Gasteiger charge is 2.26. The third-order valence-corrected chi connectivity index (χ3v) is 7.16. The summed E-state index contributed by atoms with van der Waals surface area (Å²) in [5, 5.41) is 1.75. The van der Waals surface area contributed by atoms with E-state index < -0.39 is 0 Å². The number of thiol groups is 1. The Morgan fingerprint density at radius 3 is 2.87 bits per heavy atom. The van der Waals surface area contributed by atoms with Crippen LogP contribution >= 0.6 is 47.9 Å². The third kappa shape index (κ3) is 3.55. The van der Waals surface area contributed by atoms with Crippen molar-refractivity contribution in [2.75, 3.05) is 16.6 Å². The molecule has 1 aliphatic heterocycles. The van der Waals surface area contributed by atoms with Crippen LogP contribution in [0.25, 0.3) is 0 Å². The maximum absolute atomic E-state index is 4.23. The lowest BCUT2D eigenvalue weighted by molar-refractivity contribution is 1.17. The van der Waals surface area contributed by atoms with Gasteiger partial charge in [-0.3, -0.25) is 0 Å².